The zero-order chi connectivity index (χ0) is 12.7. The van der Waals surface area contributed by atoms with Gasteiger partial charge < -0.3 is 10.6 Å². The van der Waals surface area contributed by atoms with Crippen LogP contribution in [0, 0.1) is 12.8 Å². The van der Waals surface area contributed by atoms with Gasteiger partial charge in [-0.25, -0.2) is 0 Å². The molecular weight excluding hydrogens is 208 g/mol. The Balaban J connectivity index is 2.21. The molecule has 0 radical (unpaired) electrons. The van der Waals surface area contributed by atoms with Crippen molar-refractivity contribution in [2.75, 3.05) is 13.1 Å². The molecule has 0 aliphatic carbocycles. The highest BCUT2D eigenvalue weighted by molar-refractivity contribution is 5.21. The topological polar surface area (TPSA) is 24.1 Å². The molecule has 0 fully saturated rings. The predicted molar refractivity (Wildman–Crippen MR) is 75.2 cm³/mol. The second kappa shape index (κ2) is 7.46. The summed E-state index contributed by atoms with van der Waals surface area (Å²) in [6.45, 7) is 11.9. The van der Waals surface area contributed by atoms with Crippen LogP contribution >= 0.6 is 0 Å². The summed E-state index contributed by atoms with van der Waals surface area (Å²) in [5, 5.41) is 7.01. The maximum atomic E-state index is 3.54. The van der Waals surface area contributed by atoms with Gasteiger partial charge in [0.1, 0.15) is 0 Å². The summed E-state index contributed by atoms with van der Waals surface area (Å²) in [5.41, 5.74) is 2.69. The average Bonchev–Trinajstić information content (AvgIpc) is 2.26. The van der Waals surface area contributed by atoms with Crippen molar-refractivity contribution in [2.24, 2.45) is 5.92 Å². The van der Waals surface area contributed by atoms with E-state index in [-0.39, 0.29) is 0 Å². The van der Waals surface area contributed by atoms with Crippen molar-refractivity contribution in [3.05, 3.63) is 35.4 Å². The van der Waals surface area contributed by atoms with Crippen molar-refractivity contribution in [1.29, 1.82) is 0 Å². The van der Waals surface area contributed by atoms with Gasteiger partial charge >= 0.3 is 0 Å². The van der Waals surface area contributed by atoms with Crippen LogP contribution in [-0.4, -0.2) is 19.1 Å². The molecule has 0 saturated heterocycles. The molecule has 2 heteroatoms. The van der Waals surface area contributed by atoms with Crippen LogP contribution in [0.3, 0.4) is 0 Å². The summed E-state index contributed by atoms with van der Waals surface area (Å²) in [6.07, 6.45) is 0. The van der Waals surface area contributed by atoms with E-state index >= 15 is 0 Å². The Morgan fingerprint density at radius 2 is 1.88 bits per heavy atom. The SMILES string of the molecule is Cc1cccc(CNC(C)CNCC(C)C)c1. The second-order valence-electron chi connectivity index (χ2n) is 5.32. The van der Waals surface area contributed by atoms with Crippen LogP contribution in [0.15, 0.2) is 24.3 Å². The third kappa shape index (κ3) is 6.44. The summed E-state index contributed by atoms with van der Waals surface area (Å²) in [4.78, 5) is 0. The van der Waals surface area contributed by atoms with E-state index in [0.29, 0.717) is 6.04 Å². The van der Waals surface area contributed by atoms with E-state index in [1.54, 1.807) is 0 Å². The van der Waals surface area contributed by atoms with Crippen LogP contribution in [0.1, 0.15) is 31.9 Å². The number of rotatable bonds is 7. The van der Waals surface area contributed by atoms with Gasteiger partial charge in [-0.05, 0) is 31.9 Å². The van der Waals surface area contributed by atoms with E-state index in [1.165, 1.54) is 11.1 Å². The Labute approximate surface area is 106 Å². The fourth-order valence-electron chi connectivity index (χ4n) is 1.77. The standard InChI is InChI=1S/C15H26N2/c1-12(2)9-16-10-14(4)17-11-15-7-5-6-13(3)8-15/h5-8,12,14,16-17H,9-11H2,1-4H3. The van der Waals surface area contributed by atoms with Gasteiger partial charge in [0.05, 0.1) is 0 Å². The van der Waals surface area contributed by atoms with Crippen molar-refractivity contribution < 1.29 is 0 Å². The van der Waals surface area contributed by atoms with Crippen LogP contribution < -0.4 is 10.6 Å². The molecule has 0 amide bonds. The minimum absolute atomic E-state index is 0.509. The number of hydrogen-bond acceptors (Lipinski definition) is 2. The highest BCUT2D eigenvalue weighted by Crippen LogP contribution is 2.03. The molecule has 96 valence electrons. The minimum atomic E-state index is 0.509. The largest absolute Gasteiger partial charge is 0.315 e. The first-order valence-corrected chi connectivity index (χ1v) is 6.57. The lowest BCUT2D eigenvalue weighted by Gasteiger charge is -2.16. The van der Waals surface area contributed by atoms with E-state index < -0.39 is 0 Å². The molecule has 2 N–H and O–H groups in total. The number of hydrogen-bond donors (Lipinski definition) is 2. The molecule has 0 saturated carbocycles. The molecule has 1 aromatic carbocycles. The fourth-order valence-corrected chi connectivity index (χ4v) is 1.77. The van der Waals surface area contributed by atoms with Crippen molar-refractivity contribution in [3.8, 4) is 0 Å². The quantitative estimate of drug-likeness (QED) is 0.758. The second-order valence-corrected chi connectivity index (χ2v) is 5.32. The molecule has 0 spiro atoms. The van der Waals surface area contributed by atoms with Gasteiger partial charge in [0.2, 0.25) is 0 Å². The summed E-state index contributed by atoms with van der Waals surface area (Å²) in [6, 6.07) is 9.18. The molecule has 2 nitrogen and oxygen atoms in total. The van der Waals surface area contributed by atoms with Gasteiger partial charge in [-0.1, -0.05) is 43.7 Å². The predicted octanol–water partition coefficient (Wildman–Crippen LogP) is 2.72. The molecule has 0 aliphatic heterocycles. The molecule has 1 rings (SSSR count). The molecule has 1 atom stereocenters. The van der Waals surface area contributed by atoms with Gasteiger partial charge in [-0.15, -0.1) is 0 Å². The highest BCUT2D eigenvalue weighted by atomic mass is 15.0. The van der Waals surface area contributed by atoms with Crippen LogP contribution in [0.4, 0.5) is 0 Å². The third-order valence-electron chi connectivity index (χ3n) is 2.74. The normalized spacial score (nSPS) is 13.0. The first kappa shape index (κ1) is 14.2. The minimum Gasteiger partial charge on any atom is -0.315 e. The van der Waals surface area contributed by atoms with Crippen molar-refractivity contribution >= 4 is 0 Å². The number of aryl methyl sites for hydroxylation is 1. The summed E-state index contributed by atoms with van der Waals surface area (Å²) in [7, 11) is 0. The lowest BCUT2D eigenvalue weighted by molar-refractivity contribution is 0.472. The van der Waals surface area contributed by atoms with Crippen LogP contribution in [-0.2, 0) is 6.54 Å². The first-order valence-electron chi connectivity index (χ1n) is 6.57. The maximum absolute atomic E-state index is 3.54. The molecule has 0 aliphatic rings. The Bertz CT molecular complexity index is 320. The van der Waals surface area contributed by atoms with Crippen molar-refractivity contribution in [2.45, 2.75) is 40.3 Å². The smallest absolute Gasteiger partial charge is 0.0208 e. The van der Waals surface area contributed by atoms with Crippen LogP contribution in [0.2, 0.25) is 0 Å². The van der Waals surface area contributed by atoms with Crippen LogP contribution in [0.25, 0.3) is 0 Å². The molecule has 0 aromatic heterocycles. The lowest BCUT2D eigenvalue weighted by Crippen LogP contribution is -2.37. The van der Waals surface area contributed by atoms with E-state index in [4.69, 9.17) is 0 Å². The average molecular weight is 234 g/mol. The highest BCUT2D eigenvalue weighted by Gasteiger charge is 2.01. The number of nitrogens with one attached hydrogen (secondary N) is 2. The van der Waals surface area contributed by atoms with E-state index in [9.17, 15) is 0 Å². The maximum Gasteiger partial charge on any atom is 0.0208 e. The number of benzene rings is 1. The van der Waals surface area contributed by atoms with Gasteiger partial charge in [0.15, 0.2) is 0 Å². The zero-order valence-corrected chi connectivity index (χ0v) is 11.6. The summed E-state index contributed by atoms with van der Waals surface area (Å²) < 4.78 is 0. The first-order chi connectivity index (χ1) is 8.08. The van der Waals surface area contributed by atoms with Crippen molar-refractivity contribution in [3.63, 3.8) is 0 Å². The Morgan fingerprint density at radius 3 is 2.53 bits per heavy atom. The molecule has 0 heterocycles. The molecule has 1 aromatic rings. The van der Waals surface area contributed by atoms with Gasteiger partial charge in [-0.2, -0.15) is 0 Å². The summed E-state index contributed by atoms with van der Waals surface area (Å²) in [5.74, 6) is 0.721. The molecule has 1 unspecified atom stereocenters. The molecule has 17 heavy (non-hydrogen) atoms. The zero-order valence-electron chi connectivity index (χ0n) is 11.6. The lowest BCUT2D eigenvalue weighted by atomic mass is 10.1. The Morgan fingerprint density at radius 1 is 1.12 bits per heavy atom. The molecule has 0 bridgehead atoms. The molecular formula is C15H26N2. The fraction of sp³-hybridized carbons (Fsp3) is 0.600. The Hall–Kier alpha value is -0.860. The Kier molecular flexibility index (Phi) is 6.23. The third-order valence-corrected chi connectivity index (χ3v) is 2.74. The van der Waals surface area contributed by atoms with E-state index in [2.05, 4.69) is 62.6 Å². The summed E-state index contributed by atoms with van der Waals surface area (Å²) >= 11 is 0. The van der Waals surface area contributed by atoms with Gasteiger partial charge in [0, 0.05) is 19.1 Å². The van der Waals surface area contributed by atoms with Crippen molar-refractivity contribution in [1.82, 2.24) is 10.6 Å². The van der Waals surface area contributed by atoms with Gasteiger partial charge in [0.25, 0.3) is 0 Å². The van der Waals surface area contributed by atoms with E-state index in [1.807, 2.05) is 0 Å². The monoisotopic (exact) mass is 234 g/mol. The van der Waals surface area contributed by atoms with Crippen LogP contribution in [0.5, 0.6) is 0 Å². The van der Waals surface area contributed by atoms with E-state index in [0.717, 1.165) is 25.6 Å². The van der Waals surface area contributed by atoms with Gasteiger partial charge in [-0.3, -0.25) is 0 Å².